The Labute approximate surface area is 497 Å². The van der Waals surface area contributed by atoms with Crippen molar-refractivity contribution < 1.29 is 78.0 Å². The van der Waals surface area contributed by atoms with E-state index in [0.717, 1.165) is 6.92 Å². The number of nitrogens with one attached hydrogen (secondary N) is 9. The lowest BCUT2D eigenvalue weighted by Crippen LogP contribution is -2.61. The van der Waals surface area contributed by atoms with Gasteiger partial charge in [0.15, 0.2) is 12.0 Å². The topological polar surface area (TPSA) is 517 Å². The van der Waals surface area contributed by atoms with Gasteiger partial charge in [-0.25, -0.2) is 4.79 Å². The number of carboxylic acid groups (broad SMARTS) is 2. The van der Waals surface area contributed by atoms with Crippen LogP contribution >= 0.6 is 0 Å². The third-order valence-corrected chi connectivity index (χ3v) is 14.4. The molecule has 0 aliphatic carbocycles. The van der Waals surface area contributed by atoms with E-state index < -0.39 is 175 Å². The lowest BCUT2D eigenvalue weighted by atomic mass is 9.96. The average molecular weight is 1210 g/mol. The maximum absolute atomic E-state index is 14.6. The summed E-state index contributed by atoms with van der Waals surface area (Å²) in [5.74, 6) is -14.2. The van der Waals surface area contributed by atoms with E-state index in [0.29, 0.717) is 22.9 Å². The number of carbonyl (C=O) groups excluding carboxylic acids is 10. The number of aliphatic imine (C=N–C) groups is 1. The minimum absolute atomic E-state index is 0.0395. The summed E-state index contributed by atoms with van der Waals surface area (Å²) in [6.45, 7) is 10.5. The molecule has 0 saturated carbocycles. The summed E-state index contributed by atoms with van der Waals surface area (Å²) >= 11 is 0. The van der Waals surface area contributed by atoms with Crippen molar-refractivity contribution in [3.8, 4) is 0 Å². The molecule has 1 aromatic carbocycles. The van der Waals surface area contributed by atoms with E-state index in [1.54, 1.807) is 72.0 Å². The number of H-pyrrole nitrogens is 1. The number of aliphatic hydroxyl groups is 2. The van der Waals surface area contributed by atoms with Crippen LogP contribution in [0.15, 0.2) is 35.5 Å². The number of carbonyl (C=O) groups is 12. The smallest absolute Gasteiger partial charge is 0.328 e. The van der Waals surface area contributed by atoms with Crippen molar-refractivity contribution in [3.05, 3.63) is 36.0 Å². The van der Waals surface area contributed by atoms with Crippen molar-refractivity contribution in [1.29, 1.82) is 0 Å². The Morgan fingerprint density at radius 2 is 1.26 bits per heavy atom. The zero-order valence-corrected chi connectivity index (χ0v) is 49.6. The minimum atomic E-state index is -1.82. The van der Waals surface area contributed by atoms with E-state index in [1.165, 1.54) is 4.90 Å². The van der Waals surface area contributed by atoms with Gasteiger partial charge in [-0.15, -0.1) is 0 Å². The number of aromatic amines is 1. The monoisotopic (exact) mass is 1210 g/mol. The number of benzene rings is 1. The van der Waals surface area contributed by atoms with Crippen LogP contribution in [0.3, 0.4) is 0 Å². The van der Waals surface area contributed by atoms with Gasteiger partial charge in [0.05, 0.1) is 19.1 Å². The van der Waals surface area contributed by atoms with E-state index in [2.05, 4.69) is 52.5 Å². The zero-order chi connectivity index (χ0) is 64.7. The van der Waals surface area contributed by atoms with Crippen LogP contribution in [0, 0.1) is 17.8 Å². The van der Waals surface area contributed by atoms with Gasteiger partial charge in [-0.2, -0.15) is 0 Å². The molecule has 12 atom stereocenters. The highest BCUT2D eigenvalue weighted by Crippen LogP contribution is 2.23. The molecule has 478 valence electrons. The molecule has 31 heteroatoms. The molecule has 0 unspecified atom stereocenters. The molecular weight excluding hydrogens is 1130 g/mol. The van der Waals surface area contributed by atoms with Gasteiger partial charge in [0.2, 0.25) is 59.1 Å². The van der Waals surface area contributed by atoms with E-state index in [-0.39, 0.29) is 63.5 Å². The first-order valence-corrected chi connectivity index (χ1v) is 28.5. The second kappa shape index (κ2) is 34.5. The zero-order valence-electron chi connectivity index (χ0n) is 49.6. The van der Waals surface area contributed by atoms with E-state index in [1.807, 2.05) is 0 Å². The molecule has 10 amide bonds. The predicted octanol–water partition coefficient (Wildman–Crippen LogP) is -4.09. The highest BCUT2D eigenvalue weighted by molar-refractivity contribution is 6.00. The highest BCUT2D eigenvalue weighted by Gasteiger charge is 2.42. The summed E-state index contributed by atoms with van der Waals surface area (Å²) in [6, 6.07) is -7.89. The molecule has 21 N–H and O–H groups in total. The third kappa shape index (κ3) is 22.2. The summed E-state index contributed by atoms with van der Waals surface area (Å²) in [6.07, 6.45) is -1.79. The highest BCUT2D eigenvalue weighted by atomic mass is 16.4. The molecule has 86 heavy (non-hydrogen) atoms. The maximum atomic E-state index is 14.6. The van der Waals surface area contributed by atoms with E-state index in [9.17, 15) is 78.0 Å². The van der Waals surface area contributed by atoms with Gasteiger partial charge in [0.25, 0.3) is 0 Å². The molecule has 1 saturated heterocycles. The molecule has 31 nitrogen and oxygen atoms in total. The fourth-order valence-corrected chi connectivity index (χ4v) is 9.44. The number of hydrogen-bond donors (Lipinski definition) is 17. The molecule has 0 radical (unpaired) electrons. The van der Waals surface area contributed by atoms with Crippen LogP contribution in [-0.4, -0.2) is 193 Å². The van der Waals surface area contributed by atoms with Crippen molar-refractivity contribution in [1.82, 2.24) is 52.4 Å². The molecule has 1 aliphatic heterocycles. The molecule has 0 bridgehead atoms. The first-order chi connectivity index (χ1) is 40.4. The van der Waals surface area contributed by atoms with Crippen molar-refractivity contribution in [2.24, 2.45) is 45.7 Å². The van der Waals surface area contributed by atoms with Crippen molar-refractivity contribution in [2.75, 3.05) is 19.7 Å². The molecule has 1 aromatic heterocycles. The summed E-state index contributed by atoms with van der Waals surface area (Å²) in [5.41, 5.74) is 23.5. The fourth-order valence-electron chi connectivity index (χ4n) is 9.44. The second-order valence-corrected chi connectivity index (χ2v) is 22.2. The second-order valence-electron chi connectivity index (χ2n) is 22.2. The standard InChI is InChI=1S/C55H87N15O16/c1-8-28(6)43(52(83)69-44(29(7)72)54(85)86)68-47(78)34(15-11-19-60-55(58)59)62-46(77)35(17-18-41(74)75)63-48(79)36(21-26(2)3)64-50(81)38(23-40(57)73)65-49(80)37(22-30-24-61-33-14-10-9-13-31(30)33)66-51(82)39-16-12-20-70(39)53(84)42(27(4)5)67-45(76)32(56)25-71/h9-10,13-14,24,26-29,32,34-39,42-44,61,71-72H,8,11-12,15-23,25,56H2,1-7H3,(H2,57,73)(H,62,77)(H,63,79)(H,64,81)(H,65,80)(H,66,82)(H,67,76)(H,68,78)(H,69,83)(H,74,75)(H,85,86)(H4,58,59,60)/t28-,29+,32-,34-,35-,36-,37-,38-,39-,42-,43-,44-/m0/s1. The lowest BCUT2D eigenvalue weighted by molar-refractivity contribution is -0.145. The number of amides is 10. The van der Waals surface area contributed by atoms with Crippen LogP contribution in [0.2, 0.25) is 0 Å². The molecule has 2 aromatic rings. The Morgan fingerprint density at radius 1 is 0.698 bits per heavy atom. The maximum Gasteiger partial charge on any atom is 0.328 e. The van der Waals surface area contributed by atoms with Gasteiger partial charge >= 0.3 is 11.9 Å². The number of fused-ring (bicyclic) bond motifs is 1. The number of primary amides is 1. The van der Waals surface area contributed by atoms with Gasteiger partial charge in [-0.1, -0.05) is 66.2 Å². The SMILES string of the molecule is CC[C@H](C)[C@H](NC(=O)[C@H](CCCN=C(N)N)NC(=O)[C@H](CCC(=O)O)NC(=O)[C@H](CC(C)C)NC(=O)[C@H](CC(N)=O)NC(=O)[C@H](Cc1c[nH]c2ccccc12)NC(=O)[C@@H]1CCCN1C(=O)[C@@H](NC(=O)[C@@H](N)CO)C(C)C)C(=O)N[C@H](C(=O)O)[C@@H](C)O. The molecule has 0 spiro atoms. The number of para-hydroxylation sites is 1. The Balaban J connectivity index is 1.98. The van der Waals surface area contributed by atoms with E-state index >= 15 is 0 Å². The lowest BCUT2D eigenvalue weighted by Gasteiger charge is -2.32. The van der Waals surface area contributed by atoms with Crippen molar-refractivity contribution >= 4 is 87.9 Å². The number of rotatable bonds is 36. The van der Waals surface area contributed by atoms with Crippen LogP contribution in [0.5, 0.6) is 0 Å². The summed E-state index contributed by atoms with van der Waals surface area (Å²) in [4.78, 5) is 171. The Morgan fingerprint density at radius 3 is 1.83 bits per heavy atom. The summed E-state index contributed by atoms with van der Waals surface area (Å²) in [5, 5.41) is 59.4. The number of hydrogen-bond acceptors (Lipinski definition) is 16. The average Bonchev–Trinajstić information content (AvgIpc) is 3.15. The summed E-state index contributed by atoms with van der Waals surface area (Å²) < 4.78 is 0. The Kier molecular flexibility index (Phi) is 28.8. The van der Waals surface area contributed by atoms with Crippen LogP contribution < -0.4 is 65.5 Å². The number of nitrogens with zero attached hydrogens (tertiary/aromatic N) is 2. The van der Waals surface area contributed by atoms with Crippen LogP contribution in [-0.2, 0) is 64.0 Å². The first-order valence-electron chi connectivity index (χ1n) is 28.5. The Bertz CT molecular complexity index is 2750. The first kappa shape index (κ1) is 71.8. The van der Waals surface area contributed by atoms with Crippen molar-refractivity contribution in [2.45, 2.75) is 179 Å². The van der Waals surface area contributed by atoms with Gasteiger partial charge in [-0.3, -0.25) is 57.7 Å². The number of aliphatic hydroxyl groups excluding tert-OH is 2. The quantitative estimate of drug-likeness (QED) is 0.0175. The molecule has 1 aliphatic rings. The summed E-state index contributed by atoms with van der Waals surface area (Å²) in [7, 11) is 0. The number of guanidine groups is 1. The Hall–Kier alpha value is -8.45. The van der Waals surface area contributed by atoms with E-state index in [4.69, 9.17) is 22.9 Å². The minimum Gasteiger partial charge on any atom is -0.481 e. The van der Waals surface area contributed by atoms with Crippen LogP contribution in [0.25, 0.3) is 10.9 Å². The number of aromatic nitrogens is 1. The number of likely N-dealkylation sites (tertiary alicyclic amines) is 1. The van der Waals surface area contributed by atoms with Crippen LogP contribution in [0.1, 0.15) is 112 Å². The van der Waals surface area contributed by atoms with Gasteiger partial charge in [-0.05, 0) is 74.8 Å². The fraction of sp³-hybridized carbons (Fsp3) is 0.618. The largest absolute Gasteiger partial charge is 0.481 e. The number of aliphatic carboxylic acids is 2. The van der Waals surface area contributed by atoms with Gasteiger partial charge in [0.1, 0.15) is 54.4 Å². The normalized spacial score (nSPS) is 16.9. The molecule has 1 fully saturated rings. The predicted molar refractivity (Wildman–Crippen MR) is 311 cm³/mol. The third-order valence-electron chi connectivity index (χ3n) is 14.4. The molecule has 3 rings (SSSR count). The van der Waals surface area contributed by atoms with Crippen LogP contribution in [0.4, 0.5) is 0 Å². The van der Waals surface area contributed by atoms with Gasteiger partial charge in [0, 0.05) is 43.0 Å². The molecule has 2 heterocycles. The number of nitrogens with two attached hydrogens (primary N) is 4. The number of carboxylic acids is 2. The van der Waals surface area contributed by atoms with Crippen molar-refractivity contribution in [3.63, 3.8) is 0 Å². The molecular formula is C55H87N15O16. The van der Waals surface area contributed by atoms with Gasteiger partial charge < -0.3 is 95.8 Å².